The van der Waals surface area contributed by atoms with Crippen LogP contribution in [0.4, 0.5) is 5.69 Å². The van der Waals surface area contributed by atoms with Gasteiger partial charge in [0.15, 0.2) is 0 Å². The molecule has 0 radical (unpaired) electrons. The fourth-order valence-corrected chi connectivity index (χ4v) is 2.34. The predicted octanol–water partition coefficient (Wildman–Crippen LogP) is 2.42. The first-order valence-corrected chi connectivity index (χ1v) is 5.79. The maximum atomic E-state index is 9.28. The summed E-state index contributed by atoms with van der Waals surface area (Å²) in [5.41, 5.74) is 2.27. The first-order chi connectivity index (χ1) is 7.35. The Kier molecular flexibility index (Phi) is 3.27. The molecule has 0 saturated carbocycles. The molecule has 0 spiro atoms. The lowest BCUT2D eigenvalue weighted by molar-refractivity contribution is 0.282. The number of para-hydroxylation sites is 1. The van der Waals surface area contributed by atoms with Gasteiger partial charge in [0.2, 0.25) is 0 Å². The molecule has 0 amide bonds. The van der Waals surface area contributed by atoms with Crippen molar-refractivity contribution in [3.63, 3.8) is 0 Å². The summed E-state index contributed by atoms with van der Waals surface area (Å²) in [5.74, 6) is 0.830. The normalized spacial score (nSPS) is 20.9. The van der Waals surface area contributed by atoms with Gasteiger partial charge in [0.05, 0.1) is 6.61 Å². The van der Waals surface area contributed by atoms with E-state index in [1.165, 1.54) is 18.5 Å². The summed E-state index contributed by atoms with van der Waals surface area (Å²) in [6.07, 6.45) is 2.55. The second kappa shape index (κ2) is 4.67. The molecule has 1 aromatic carbocycles. The molecule has 1 fully saturated rings. The van der Waals surface area contributed by atoms with Gasteiger partial charge in [-0.25, -0.2) is 0 Å². The smallest absolute Gasteiger partial charge is 0.0702 e. The maximum Gasteiger partial charge on any atom is 0.0702 e. The van der Waals surface area contributed by atoms with Crippen molar-refractivity contribution in [2.75, 3.05) is 18.0 Å². The van der Waals surface area contributed by atoms with Crippen LogP contribution in [-0.4, -0.2) is 18.2 Å². The summed E-state index contributed by atoms with van der Waals surface area (Å²) in [7, 11) is 0. The molecule has 1 heterocycles. The Balaban J connectivity index is 2.16. The van der Waals surface area contributed by atoms with E-state index < -0.39 is 0 Å². The largest absolute Gasteiger partial charge is 0.392 e. The van der Waals surface area contributed by atoms with Crippen molar-refractivity contribution >= 4 is 5.69 Å². The van der Waals surface area contributed by atoms with E-state index in [0.29, 0.717) is 0 Å². The topological polar surface area (TPSA) is 23.5 Å². The van der Waals surface area contributed by atoms with E-state index in [-0.39, 0.29) is 6.61 Å². The Labute approximate surface area is 91.5 Å². The molecular formula is C13H19NO. The summed E-state index contributed by atoms with van der Waals surface area (Å²) < 4.78 is 0. The molecular weight excluding hydrogens is 186 g/mol. The molecule has 2 rings (SSSR count). The summed E-state index contributed by atoms with van der Waals surface area (Å²) in [5, 5.41) is 9.28. The summed E-state index contributed by atoms with van der Waals surface area (Å²) in [6.45, 7) is 4.68. The van der Waals surface area contributed by atoms with Gasteiger partial charge in [-0.15, -0.1) is 0 Å². The number of nitrogens with zero attached hydrogens (tertiary/aromatic N) is 1. The zero-order chi connectivity index (χ0) is 10.7. The lowest BCUT2D eigenvalue weighted by atomic mass is 10.1. The van der Waals surface area contributed by atoms with Crippen LogP contribution in [0.1, 0.15) is 25.3 Å². The third-order valence-corrected chi connectivity index (χ3v) is 3.37. The minimum Gasteiger partial charge on any atom is -0.392 e. The van der Waals surface area contributed by atoms with Gasteiger partial charge in [0.25, 0.3) is 0 Å². The van der Waals surface area contributed by atoms with Crippen molar-refractivity contribution in [1.29, 1.82) is 0 Å². The van der Waals surface area contributed by atoms with Gasteiger partial charge in [0.1, 0.15) is 0 Å². The highest BCUT2D eigenvalue weighted by Gasteiger charge is 2.22. The van der Waals surface area contributed by atoms with E-state index in [4.69, 9.17) is 0 Å². The van der Waals surface area contributed by atoms with Crippen LogP contribution in [0.3, 0.4) is 0 Å². The van der Waals surface area contributed by atoms with Gasteiger partial charge in [-0.05, 0) is 18.4 Å². The van der Waals surface area contributed by atoms with Gasteiger partial charge in [0, 0.05) is 24.3 Å². The fraction of sp³-hybridized carbons (Fsp3) is 0.538. The molecule has 1 unspecified atom stereocenters. The molecule has 1 atom stereocenters. The van der Waals surface area contributed by atoms with E-state index in [1.54, 1.807) is 0 Å². The van der Waals surface area contributed by atoms with Crippen LogP contribution in [0, 0.1) is 5.92 Å². The SMILES string of the molecule is CCC1CCN(c2ccccc2CO)C1. The zero-order valence-electron chi connectivity index (χ0n) is 9.32. The summed E-state index contributed by atoms with van der Waals surface area (Å²) in [6, 6.07) is 8.16. The van der Waals surface area contributed by atoms with Crippen molar-refractivity contribution in [2.45, 2.75) is 26.4 Å². The van der Waals surface area contributed by atoms with Crippen LogP contribution in [0.15, 0.2) is 24.3 Å². The molecule has 1 aliphatic rings. The quantitative estimate of drug-likeness (QED) is 0.819. The van der Waals surface area contributed by atoms with E-state index in [9.17, 15) is 5.11 Å². The van der Waals surface area contributed by atoms with E-state index in [1.807, 2.05) is 18.2 Å². The first-order valence-electron chi connectivity index (χ1n) is 5.79. The van der Waals surface area contributed by atoms with Gasteiger partial charge >= 0.3 is 0 Å². The predicted molar refractivity (Wildman–Crippen MR) is 63.0 cm³/mol. The Bertz CT molecular complexity index is 324. The lowest BCUT2D eigenvalue weighted by Crippen LogP contribution is -2.20. The fourth-order valence-electron chi connectivity index (χ4n) is 2.34. The number of anilines is 1. The Morgan fingerprint density at radius 1 is 1.40 bits per heavy atom. The second-order valence-corrected chi connectivity index (χ2v) is 4.30. The number of rotatable bonds is 3. The maximum absolute atomic E-state index is 9.28. The second-order valence-electron chi connectivity index (χ2n) is 4.30. The number of aliphatic hydroxyl groups excluding tert-OH is 1. The molecule has 0 aliphatic carbocycles. The Morgan fingerprint density at radius 3 is 2.87 bits per heavy atom. The van der Waals surface area contributed by atoms with Gasteiger partial charge in [-0.2, -0.15) is 0 Å². The molecule has 0 aromatic heterocycles. The van der Waals surface area contributed by atoms with Crippen molar-refractivity contribution in [3.8, 4) is 0 Å². The zero-order valence-corrected chi connectivity index (χ0v) is 9.32. The van der Waals surface area contributed by atoms with Crippen LogP contribution in [0.5, 0.6) is 0 Å². The first kappa shape index (κ1) is 10.5. The third kappa shape index (κ3) is 2.15. The van der Waals surface area contributed by atoms with Crippen LogP contribution < -0.4 is 4.90 Å². The average molecular weight is 205 g/mol. The molecule has 2 nitrogen and oxygen atoms in total. The van der Waals surface area contributed by atoms with Gasteiger partial charge in [-0.3, -0.25) is 0 Å². The van der Waals surface area contributed by atoms with Crippen LogP contribution in [0.2, 0.25) is 0 Å². The van der Waals surface area contributed by atoms with Gasteiger partial charge in [-0.1, -0.05) is 31.5 Å². The van der Waals surface area contributed by atoms with Crippen LogP contribution in [0.25, 0.3) is 0 Å². The molecule has 1 saturated heterocycles. The van der Waals surface area contributed by atoms with Crippen molar-refractivity contribution in [1.82, 2.24) is 0 Å². The average Bonchev–Trinajstić information content (AvgIpc) is 2.77. The lowest BCUT2D eigenvalue weighted by Gasteiger charge is -2.21. The minimum absolute atomic E-state index is 0.142. The van der Waals surface area contributed by atoms with Crippen LogP contribution in [-0.2, 0) is 6.61 Å². The molecule has 82 valence electrons. The highest BCUT2D eigenvalue weighted by Crippen LogP contribution is 2.28. The summed E-state index contributed by atoms with van der Waals surface area (Å²) in [4.78, 5) is 2.40. The third-order valence-electron chi connectivity index (χ3n) is 3.37. The molecule has 1 aromatic rings. The van der Waals surface area contributed by atoms with Crippen LogP contribution >= 0.6 is 0 Å². The Morgan fingerprint density at radius 2 is 2.20 bits per heavy atom. The van der Waals surface area contributed by atoms with Crippen molar-refractivity contribution in [2.24, 2.45) is 5.92 Å². The molecule has 15 heavy (non-hydrogen) atoms. The van der Waals surface area contributed by atoms with Crippen molar-refractivity contribution < 1.29 is 5.11 Å². The number of hydrogen-bond donors (Lipinski definition) is 1. The Hall–Kier alpha value is -1.02. The molecule has 2 heteroatoms. The monoisotopic (exact) mass is 205 g/mol. The van der Waals surface area contributed by atoms with Crippen molar-refractivity contribution in [3.05, 3.63) is 29.8 Å². The van der Waals surface area contributed by atoms with Gasteiger partial charge < -0.3 is 10.0 Å². The molecule has 1 aliphatic heterocycles. The molecule has 1 N–H and O–H groups in total. The highest BCUT2D eigenvalue weighted by atomic mass is 16.3. The number of aliphatic hydroxyl groups is 1. The standard InChI is InChI=1S/C13H19NO/c1-2-11-7-8-14(9-11)13-6-4-3-5-12(13)10-15/h3-6,11,15H,2,7-10H2,1H3. The highest BCUT2D eigenvalue weighted by molar-refractivity contribution is 5.54. The summed E-state index contributed by atoms with van der Waals surface area (Å²) >= 11 is 0. The van der Waals surface area contributed by atoms with E-state index in [2.05, 4.69) is 17.9 Å². The van der Waals surface area contributed by atoms with E-state index in [0.717, 1.165) is 24.6 Å². The minimum atomic E-state index is 0.142. The van der Waals surface area contributed by atoms with E-state index >= 15 is 0 Å². The number of hydrogen-bond acceptors (Lipinski definition) is 2. The number of benzene rings is 1. The molecule has 0 bridgehead atoms.